The van der Waals surface area contributed by atoms with Crippen LogP contribution in [0.4, 0.5) is 0 Å². The van der Waals surface area contributed by atoms with Gasteiger partial charge in [-0.05, 0) is 25.7 Å². The molecule has 1 aliphatic rings. The molecule has 0 saturated carbocycles. The number of esters is 3. The summed E-state index contributed by atoms with van der Waals surface area (Å²) in [4.78, 5) is 48.3. The molecule has 32 heavy (non-hydrogen) atoms. The van der Waals surface area contributed by atoms with Gasteiger partial charge in [0.15, 0.2) is 6.10 Å². The Labute approximate surface area is 189 Å². The Morgan fingerprint density at radius 3 is 1.91 bits per heavy atom. The van der Waals surface area contributed by atoms with Crippen LogP contribution in [0, 0.1) is 0 Å². The van der Waals surface area contributed by atoms with Crippen LogP contribution in [-0.2, 0) is 38.1 Å². The van der Waals surface area contributed by atoms with Crippen molar-refractivity contribution < 1.29 is 43.2 Å². The number of hydrogen-bond acceptors (Lipinski definition) is 9. The molecule has 0 aromatic rings. The van der Waals surface area contributed by atoms with Gasteiger partial charge in [0.25, 0.3) is 0 Å². The molecular weight excluding hydrogens is 422 g/mol. The second-order valence-corrected chi connectivity index (χ2v) is 7.75. The second kappa shape index (κ2) is 14.8. The van der Waals surface area contributed by atoms with E-state index >= 15 is 0 Å². The molecule has 1 unspecified atom stereocenters. The summed E-state index contributed by atoms with van der Waals surface area (Å²) < 4.78 is 21.8. The molecule has 0 bridgehead atoms. The molecule has 184 valence electrons. The van der Waals surface area contributed by atoms with Crippen LogP contribution in [0.1, 0.15) is 79.1 Å². The van der Waals surface area contributed by atoms with Crippen molar-refractivity contribution in [2.24, 2.45) is 0 Å². The van der Waals surface area contributed by atoms with Crippen molar-refractivity contribution in [1.29, 1.82) is 0 Å². The van der Waals surface area contributed by atoms with E-state index in [0.29, 0.717) is 25.7 Å². The third-order valence-corrected chi connectivity index (χ3v) is 4.76. The average Bonchev–Trinajstić information content (AvgIpc) is 2.72. The maximum absolute atomic E-state index is 12.2. The van der Waals surface area contributed by atoms with E-state index in [1.165, 1.54) is 0 Å². The topological polar surface area (TPSA) is 137 Å². The zero-order valence-corrected chi connectivity index (χ0v) is 19.5. The maximum atomic E-state index is 12.2. The highest BCUT2D eigenvalue weighted by atomic mass is 16.7. The number of carbonyl (C=O) groups excluding carboxylic acids is 4. The number of aliphatic hydroxyl groups is 1. The van der Waals surface area contributed by atoms with Crippen LogP contribution in [0.3, 0.4) is 0 Å². The van der Waals surface area contributed by atoms with E-state index in [1.54, 1.807) is 13.8 Å². The van der Waals surface area contributed by atoms with Gasteiger partial charge in [0, 0.05) is 25.7 Å². The number of aliphatic hydroxyl groups excluding tert-OH is 1. The summed E-state index contributed by atoms with van der Waals surface area (Å²) in [6.45, 7) is 6.94. The van der Waals surface area contributed by atoms with Gasteiger partial charge in [-0.15, -0.1) is 0 Å². The third-order valence-electron chi connectivity index (χ3n) is 4.76. The molecule has 1 fully saturated rings. The number of carbonyl (C=O) groups is 4. The molecule has 1 amide bonds. The first-order valence-corrected chi connectivity index (χ1v) is 11.4. The van der Waals surface area contributed by atoms with Crippen molar-refractivity contribution in [3.05, 3.63) is 0 Å². The Morgan fingerprint density at radius 2 is 1.34 bits per heavy atom. The lowest BCUT2D eigenvalue weighted by atomic mass is 9.96. The predicted octanol–water partition coefficient (Wildman–Crippen LogP) is 1.76. The highest BCUT2D eigenvalue weighted by Gasteiger charge is 2.50. The Hall–Kier alpha value is -2.20. The van der Waals surface area contributed by atoms with Crippen molar-refractivity contribution in [3.8, 4) is 0 Å². The van der Waals surface area contributed by atoms with E-state index in [0.717, 1.165) is 0 Å². The van der Waals surface area contributed by atoms with Gasteiger partial charge in [-0.25, -0.2) is 0 Å². The lowest BCUT2D eigenvalue weighted by molar-refractivity contribution is -0.269. The minimum absolute atomic E-state index is 0.118. The summed E-state index contributed by atoms with van der Waals surface area (Å²) in [6, 6.07) is -1.16. The van der Waals surface area contributed by atoms with Crippen LogP contribution >= 0.6 is 0 Å². The quantitative estimate of drug-likeness (QED) is 0.312. The normalized spacial score (nSPS) is 25.0. The molecule has 0 aliphatic carbocycles. The molecular formula is C22H37NO9. The first-order chi connectivity index (χ1) is 15.3. The highest BCUT2D eigenvalue weighted by molar-refractivity contribution is 5.76. The van der Waals surface area contributed by atoms with Gasteiger partial charge in [-0.1, -0.05) is 27.7 Å². The Morgan fingerprint density at radius 1 is 0.812 bits per heavy atom. The SMILES string of the molecule is CCCC(=O)N[C@@H]1C(OC(=O)CCC)O[C@H](COC(=O)CCC)[C@@H](OC(=O)CCC)[C@@H]1O. The monoisotopic (exact) mass is 459 g/mol. The zero-order valence-electron chi connectivity index (χ0n) is 19.5. The molecule has 1 saturated heterocycles. The number of ether oxygens (including phenoxy) is 4. The highest BCUT2D eigenvalue weighted by Crippen LogP contribution is 2.26. The fraction of sp³-hybridized carbons (Fsp3) is 0.818. The molecule has 1 heterocycles. The molecule has 0 aromatic carbocycles. The number of rotatable bonds is 13. The van der Waals surface area contributed by atoms with E-state index in [2.05, 4.69) is 5.32 Å². The van der Waals surface area contributed by atoms with E-state index in [1.807, 2.05) is 13.8 Å². The first-order valence-electron chi connectivity index (χ1n) is 11.4. The zero-order chi connectivity index (χ0) is 24.1. The van der Waals surface area contributed by atoms with E-state index in [-0.39, 0.29) is 38.2 Å². The molecule has 0 aromatic heterocycles. The van der Waals surface area contributed by atoms with E-state index in [9.17, 15) is 24.3 Å². The van der Waals surface area contributed by atoms with Gasteiger partial charge in [0.2, 0.25) is 12.2 Å². The smallest absolute Gasteiger partial charge is 0.308 e. The summed E-state index contributed by atoms with van der Waals surface area (Å²) in [6.07, 6.45) is -2.22. The van der Waals surface area contributed by atoms with E-state index in [4.69, 9.17) is 18.9 Å². The molecule has 0 spiro atoms. The number of nitrogens with one attached hydrogen (secondary N) is 1. The van der Waals surface area contributed by atoms with Crippen LogP contribution in [0.25, 0.3) is 0 Å². The average molecular weight is 460 g/mol. The van der Waals surface area contributed by atoms with Crippen LogP contribution in [0.5, 0.6) is 0 Å². The standard InChI is InChI=1S/C22H37NO9/c1-5-9-15(24)23-19-20(28)21(31-17(26)11-7-3)14(13-29-16(25)10-6-2)30-22(19)32-18(27)12-8-4/h14,19-22,28H,5-13H2,1-4H3,(H,23,24)/t14-,19+,20-,21-,22?/m1/s1. The number of hydrogen-bond donors (Lipinski definition) is 2. The van der Waals surface area contributed by atoms with Crippen LogP contribution in [-0.4, -0.2) is 66.2 Å². The maximum Gasteiger partial charge on any atom is 0.308 e. The summed E-state index contributed by atoms with van der Waals surface area (Å²) in [7, 11) is 0. The molecule has 1 rings (SSSR count). The van der Waals surface area contributed by atoms with Gasteiger partial charge >= 0.3 is 17.9 Å². The fourth-order valence-electron chi connectivity index (χ4n) is 3.20. The van der Waals surface area contributed by atoms with Gasteiger partial charge in [0.05, 0.1) is 0 Å². The first kappa shape index (κ1) is 27.8. The minimum atomic E-state index is -1.44. The minimum Gasteiger partial charge on any atom is -0.463 e. The largest absolute Gasteiger partial charge is 0.463 e. The summed E-state index contributed by atoms with van der Waals surface area (Å²) in [5.41, 5.74) is 0. The Balaban J connectivity index is 3.12. The van der Waals surface area contributed by atoms with Crippen LogP contribution in [0.2, 0.25) is 0 Å². The van der Waals surface area contributed by atoms with Crippen molar-refractivity contribution >= 4 is 23.8 Å². The molecule has 2 N–H and O–H groups in total. The third kappa shape index (κ3) is 9.12. The van der Waals surface area contributed by atoms with Crippen molar-refractivity contribution in [2.75, 3.05) is 6.61 Å². The van der Waals surface area contributed by atoms with Gasteiger partial charge in [-0.2, -0.15) is 0 Å². The van der Waals surface area contributed by atoms with Gasteiger partial charge < -0.3 is 29.4 Å². The lowest BCUT2D eigenvalue weighted by Crippen LogP contribution is -2.66. The van der Waals surface area contributed by atoms with Crippen LogP contribution in [0.15, 0.2) is 0 Å². The predicted molar refractivity (Wildman–Crippen MR) is 113 cm³/mol. The molecule has 0 radical (unpaired) electrons. The molecule has 10 heteroatoms. The second-order valence-electron chi connectivity index (χ2n) is 7.75. The summed E-state index contributed by atoms with van der Waals surface area (Å²) in [5, 5.41) is 13.6. The van der Waals surface area contributed by atoms with Gasteiger partial charge in [-0.3, -0.25) is 19.2 Å². The van der Waals surface area contributed by atoms with Crippen molar-refractivity contribution in [3.63, 3.8) is 0 Å². The summed E-state index contributed by atoms with van der Waals surface area (Å²) >= 11 is 0. The van der Waals surface area contributed by atoms with E-state index < -0.39 is 48.6 Å². The van der Waals surface area contributed by atoms with Crippen molar-refractivity contribution in [2.45, 2.75) is 110 Å². The Kier molecular flexibility index (Phi) is 12.9. The Bertz CT molecular complexity index is 623. The molecule has 10 nitrogen and oxygen atoms in total. The molecule has 1 aliphatic heterocycles. The van der Waals surface area contributed by atoms with Gasteiger partial charge in [0.1, 0.15) is 24.9 Å². The molecule has 5 atom stereocenters. The fourth-order valence-corrected chi connectivity index (χ4v) is 3.20. The lowest BCUT2D eigenvalue weighted by Gasteiger charge is -2.43. The van der Waals surface area contributed by atoms with Crippen LogP contribution < -0.4 is 5.32 Å². The summed E-state index contributed by atoms with van der Waals surface area (Å²) in [5.74, 6) is -1.97. The number of amides is 1. The van der Waals surface area contributed by atoms with Crippen molar-refractivity contribution in [1.82, 2.24) is 5.32 Å².